The van der Waals surface area contributed by atoms with Crippen LogP contribution < -0.4 is 5.32 Å². The number of nitrogens with zero attached hydrogens (tertiary/aromatic N) is 3. The molecule has 2 aromatic rings. The van der Waals surface area contributed by atoms with E-state index in [9.17, 15) is 0 Å². The van der Waals surface area contributed by atoms with Crippen molar-refractivity contribution in [2.45, 2.75) is 46.3 Å². The largest absolute Gasteiger partial charge is 0.342 e. The molecule has 2 aromatic heterocycles. The van der Waals surface area contributed by atoms with E-state index < -0.39 is 0 Å². The summed E-state index contributed by atoms with van der Waals surface area (Å²) in [6, 6.07) is 4.14. The van der Waals surface area contributed by atoms with E-state index in [0.717, 1.165) is 6.54 Å². The number of hydrogen-bond acceptors (Lipinski definition) is 4. The van der Waals surface area contributed by atoms with Gasteiger partial charge in [0, 0.05) is 30.9 Å². The van der Waals surface area contributed by atoms with Gasteiger partial charge in [-0.05, 0) is 32.9 Å². The van der Waals surface area contributed by atoms with E-state index >= 15 is 0 Å². The van der Waals surface area contributed by atoms with E-state index in [-0.39, 0.29) is 5.54 Å². The molecule has 0 bridgehead atoms. The molecule has 0 unspecified atom stereocenters. The summed E-state index contributed by atoms with van der Waals surface area (Å²) in [5.74, 6) is 1.31. The minimum Gasteiger partial charge on any atom is -0.342 e. The molecule has 0 atom stereocenters. The van der Waals surface area contributed by atoms with Crippen LogP contribution in [0.4, 0.5) is 0 Å². The van der Waals surface area contributed by atoms with Gasteiger partial charge >= 0.3 is 0 Å². The number of aromatic nitrogens is 3. The Morgan fingerprint density at radius 2 is 2.17 bits per heavy atom. The smallest absolute Gasteiger partial charge is 0.223 e. The Kier molecular flexibility index (Phi) is 3.52. The van der Waals surface area contributed by atoms with Gasteiger partial charge in [0.1, 0.15) is 0 Å². The maximum absolute atomic E-state index is 4.98. The predicted molar refractivity (Wildman–Crippen MR) is 69.2 cm³/mol. The van der Waals surface area contributed by atoms with E-state index in [2.05, 4.69) is 46.9 Å². The fraction of sp³-hybridized carbons (Fsp3) is 0.538. The summed E-state index contributed by atoms with van der Waals surface area (Å²) in [7, 11) is 0. The first-order valence-electron chi connectivity index (χ1n) is 6.12. The molecule has 98 valence electrons. The maximum Gasteiger partial charge on any atom is 0.223 e. The second-order valence-corrected chi connectivity index (χ2v) is 5.46. The molecule has 5 heteroatoms. The minimum atomic E-state index is 0.109. The predicted octanol–water partition coefficient (Wildman–Crippen LogP) is 2.12. The van der Waals surface area contributed by atoms with E-state index in [1.165, 1.54) is 5.69 Å². The summed E-state index contributed by atoms with van der Waals surface area (Å²) in [5, 5.41) is 7.38. The summed E-state index contributed by atoms with van der Waals surface area (Å²) in [6.07, 6.45) is 2.03. The molecule has 0 aliphatic rings. The average molecular weight is 248 g/mol. The summed E-state index contributed by atoms with van der Waals surface area (Å²) in [4.78, 5) is 4.22. The molecule has 0 radical (unpaired) electrons. The van der Waals surface area contributed by atoms with Gasteiger partial charge in [0.15, 0.2) is 5.82 Å². The topological polar surface area (TPSA) is 55.9 Å². The quantitative estimate of drug-likeness (QED) is 0.900. The monoisotopic (exact) mass is 248 g/mol. The third-order valence-electron chi connectivity index (χ3n) is 2.60. The Bertz CT molecular complexity index is 507. The van der Waals surface area contributed by atoms with Crippen molar-refractivity contribution >= 4 is 0 Å². The van der Waals surface area contributed by atoms with Crippen LogP contribution in [0.5, 0.6) is 0 Å². The van der Waals surface area contributed by atoms with Crippen LogP contribution in [-0.4, -0.2) is 20.2 Å². The van der Waals surface area contributed by atoms with Crippen LogP contribution >= 0.6 is 0 Å². The summed E-state index contributed by atoms with van der Waals surface area (Å²) >= 11 is 0. The number of hydrogen-bond donors (Lipinski definition) is 1. The van der Waals surface area contributed by atoms with E-state index in [1.54, 1.807) is 6.92 Å². The molecule has 0 amide bonds. The molecule has 18 heavy (non-hydrogen) atoms. The van der Waals surface area contributed by atoms with Gasteiger partial charge in [-0.1, -0.05) is 5.16 Å². The first-order valence-corrected chi connectivity index (χ1v) is 6.12. The van der Waals surface area contributed by atoms with Gasteiger partial charge in [0.25, 0.3) is 0 Å². The summed E-state index contributed by atoms with van der Waals surface area (Å²) < 4.78 is 7.11. The van der Waals surface area contributed by atoms with Crippen molar-refractivity contribution in [3.63, 3.8) is 0 Å². The normalized spacial score (nSPS) is 12.0. The first-order chi connectivity index (χ1) is 8.44. The second kappa shape index (κ2) is 4.94. The fourth-order valence-electron chi connectivity index (χ4n) is 1.68. The van der Waals surface area contributed by atoms with Crippen molar-refractivity contribution in [1.82, 2.24) is 20.0 Å². The van der Waals surface area contributed by atoms with Crippen LogP contribution in [0.25, 0.3) is 0 Å². The molecular weight excluding hydrogens is 228 g/mol. The molecule has 0 aliphatic carbocycles. The van der Waals surface area contributed by atoms with E-state index in [0.29, 0.717) is 18.3 Å². The van der Waals surface area contributed by atoms with Crippen molar-refractivity contribution in [3.8, 4) is 0 Å². The van der Waals surface area contributed by atoms with Crippen molar-refractivity contribution < 1.29 is 4.52 Å². The average Bonchev–Trinajstić information content (AvgIpc) is 2.85. The van der Waals surface area contributed by atoms with Crippen molar-refractivity contribution in [2.24, 2.45) is 0 Å². The van der Waals surface area contributed by atoms with Crippen LogP contribution in [0.3, 0.4) is 0 Å². The molecular formula is C13H20N4O. The van der Waals surface area contributed by atoms with Crippen LogP contribution in [0, 0.1) is 6.92 Å². The second-order valence-electron chi connectivity index (χ2n) is 5.46. The van der Waals surface area contributed by atoms with E-state index in [4.69, 9.17) is 4.52 Å². The van der Waals surface area contributed by atoms with Crippen molar-refractivity contribution in [2.75, 3.05) is 0 Å². The fourth-order valence-corrected chi connectivity index (χ4v) is 1.68. The molecule has 0 aromatic carbocycles. The Balaban J connectivity index is 2.03. The molecule has 2 rings (SSSR count). The van der Waals surface area contributed by atoms with Gasteiger partial charge in [-0.3, -0.25) is 0 Å². The van der Waals surface area contributed by atoms with Crippen molar-refractivity contribution in [3.05, 3.63) is 35.7 Å². The zero-order chi connectivity index (χ0) is 13.2. The summed E-state index contributed by atoms with van der Waals surface area (Å²) in [5.41, 5.74) is 1.32. The third kappa shape index (κ3) is 3.43. The highest BCUT2D eigenvalue weighted by Gasteiger charge is 2.11. The lowest BCUT2D eigenvalue weighted by molar-refractivity contribution is 0.385. The van der Waals surface area contributed by atoms with Gasteiger partial charge in [-0.2, -0.15) is 4.98 Å². The lowest BCUT2D eigenvalue weighted by atomic mass is 10.1. The highest BCUT2D eigenvalue weighted by atomic mass is 16.5. The lowest BCUT2D eigenvalue weighted by Gasteiger charge is -2.21. The van der Waals surface area contributed by atoms with E-state index in [1.807, 2.05) is 12.3 Å². The summed E-state index contributed by atoms with van der Waals surface area (Å²) in [6.45, 7) is 9.74. The minimum absolute atomic E-state index is 0.109. The highest BCUT2D eigenvalue weighted by Crippen LogP contribution is 2.08. The Morgan fingerprint density at radius 3 is 2.78 bits per heavy atom. The molecule has 0 aliphatic heterocycles. The Morgan fingerprint density at radius 1 is 1.39 bits per heavy atom. The zero-order valence-electron chi connectivity index (χ0n) is 11.4. The number of nitrogens with one attached hydrogen (secondary N) is 1. The van der Waals surface area contributed by atoms with Gasteiger partial charge in [-0.15, -0.1) is 0 Å². The zero-order valence-corrected chi connectivity index (χ0v) is 11.4. The van der Waals surface area contributed by atoms with Crippen LogP contribution in [-0.2, 0) is 13.1 Å². The van der Waals surface area contributed by atoms with Crippen molar-refractivity contribution in [1.29, 1.82) is 0 Å². The SMILES string of the molecule is Cc1nc(Cn2cccc2CNC(C)(C)C)no1. The van der Waals surface area contributed by atoms with Crippen LogP contribution in [0.2, 0.25) is 0 Å². The maximum atomic E-state index is 4.98. The Labute approximate surface area is 107 Å². The lowest BCUT2D eigenvalue weighted by Crippen LogP contribution is -2.35. The first kappa shape index (κ1) is 12.8. The number of rotatable bonds is 4. The van der Waals surface area contributed by atoms with Gasteiger partial charge in [0.2, 0.25) is 5.89 Å². The van der Waals surface area contributed by atoms with Crippen LogP contribution in [0.15, 0.2) is 22.9 Å². The van der Waals surface area contributed by atoms with Gasteiger partial charge in [-0.25, -0.2) is 0 Å². The molecule has 0 fully saturated rings. The Hall–Kier alpha value is -1.62. The molecule has 2 heterocycles. The van der Waals surface area contributed by atoms with Gasteiger partial charge in [0.05, 0.1) is 6.54 Å². The number of aryl methyl sites for hydroxylation is 1. The highest BCUT2D eigenvalue weighted by molar-refractivity contribution is 5.09. The molecule has 5 nitrogen and oxygen atoms in total. The van der Waals surface area contributed by atoms with Gasteiger partial charge < -0.3 is 14.4 Å². The third-order valence-corrected chi connectivity index (χ3v) is 2.60. The standard InChI is InChI=1S/C13H20N4O/c1-10-15-12(16-18-10)9-17-7-5-6-11(17)8-14-13(2,3)4/h5-7,14H,8-9H2,1-4H3. The van der Waals surface area contributed by atoms with Crippen LogP contribution in [0.1, 0.15) is 38.2 Å². The molecule has 0 saturated carbocycles. The molecule has 0 spiro atoms. The molecule has 0 saturated heterocycles. The molecule has 1 N–H and O–H groups in total.